The normalized spacial score (nSPS) is 20.5. The molecule has 2 aliphatic rings. The number of benzene rings is 1. The van der Waals surface area contributed by atoms with E-state index in [0.29, 0.717) is 31.3 Å². The largest absolute Gasteiger partial charge is 0.483 e. The van der Waals surface area contributed by atoms with Crippen LogP contribution in [0.3, 0.4) is 0 Å². The molecule has 0 saturated carbocycles. The van der Waals surface area contributed by atoms with Crippen LogP contribution in [0.15, 0.2) is 30.3 Å². The van der Waals surface area contributed by atoms with E-state index in [1.165, 1.54) is 18.2 Å². The summed E-state index contributed by atoms with van der Waals surface area (Å²) in [6, 6.07) is 7.59. The Hall–Kier alpha value is -3.35. The van der Waals surface area contributed by atoms with Crippen molar-refractivity contribution in [1.82, 2.24) is 14.9 Å². The summed E-state index contributed by atoms with van der Waals surface area (Å²) in [6.45, 7) is 9.10. The van der Waals surface area contributed by atoms with E-state index >= 15 is 0 Å². The van der Waals surface area contributed by atoms with Gasteiger partial charge in [-0.3, -0.25) is 4.79 Å². The fourth-order valence-electron chi connectivity index (χ4n) is 4.19. The summed E-state index contributed by atoms with van der Waals surface area (Å²) in [5, 5.41) is 0. The molecule has 4 rings (SSSR count). The van der Waals surface area contributed by atoms with Gasteiger partial charge in [0.2, 0.25) is 0 Å². The number of piperidine rings is 1. The van der Waals surface area contributed by atoms with Crippen molar-refractivity contribution in [2.24, 2.45) is 5.92 Å². The number of aryl methyl sites for hydroxylation is 1. The molecule has 0 radical (unpaired) electrons. The number of hydrogen-bond donors (Lipinski definition) is 0. The Morgan fingerprint density at radius 3 is 2.77 bits per heavy atom. The van der Waals surface area contributed by atoms with Gasteiger partial charge in [-0.1, -0.05) is 23.7 Å². The molecule has 0 N–H and O–H groups in total. The molecule has 31 heavy (non-hydrogen) atoms. The third-order valence-corrected chi connectivity index (χ3v) is 5.41. The van der Waals surface area contributed by atoms with Crippen LogP contribution in [0.1, 0.15) is 22.5 Å². The molecule has 10 heteroatoms. The smallest absolute Gasteiger partial charge is 0.422 e. The first kappa shape index (κ1) is 20.9. The lowest BCUT2D eigenvalue weighted by Gasteiger charge is -2.32. The second-order valence-corrected chi connectivity index (χ2v) is 7.80. The molecule has 2 unspecified atom stereocenters. The van der Waals surface area contributed by atoms with E-state index in [2.05, 4.69) is 14.8 Å². The van der Waals surface area contributed by atoms with Crippen molar-refractivity contribution in [3.8, 4) is 5.75 Å². The molecule has 2 aliphatic heterocycles. The Morgan fingerprint density at radius 2 is 2.03 bits per heavy atom. The number of hydrogen-bond acceptors (Lipinski definition) is 5. The van der Waals surface area contributed by atoms with E-state index in [4.69, 9.17) is 11.3 Å². The standard InChI is InChI=1S/C21H20F3N5O2/c1-13-7-18(25-2)27-20(26-13)29-10-14-8-15(29)11-28(9-14)19(30)16-5-3-4-6-17(16)31-12-21(22,23)24/h3-7,14-15H,8-12H2,1H3. The van der Waals surface area contributed by atoms with Gasteiger partial charge in [0.15, 0.2) is 6.61 Å². The SMILES string of the molecule is [C-]#[N+]c1cc(C)nc(N2CC3CC2CN(C(=O)c2ccccc2OCC(F)(F)F)C3)n1. The summed E-state index contributed by atoms with van der Waals surface area (Å²) in [5.74, 6) is 0.491. The molecule has 7 nitrogen and oxygen atoms in total. The minimum Gasteiger partial charge on any atom is -0.483 e. The zero-order valence-electron chi connectivity index (χ0n) is 16.8. The predicted octanol–water partition coefficient (Wildman–Crippen LogP) is 3.63. The minimum atomic E-state index is -4.49. The second-order valence-electron chi connectivity index (χ2n) is 7.80. The number of alkyl halides is 3. The van der Waals surface area contributed by atoms with Crippen LogP contribution >= 0.6 is 0 Å². The highest BCUT2D eigenvalue weighted by Gasteiger charge is 2.43. The van der Waals surface area contributed by atoms with Crippen molar-refractivity contribution >= 4 is 17.7 Å². The van der Waals surface area contributed by atoms with Crippen LogP contribution in [0.2, 0.25) is 0 Å². The lowest BCUT2D eigenvalue weighted by Crippen LogP contribution is -2.45. The number of aromatic nitrogens is 2. The van der Waals surface area contributed by atoms with Crippen LogP contribution < -0.4 is 9.64 Å². The van der Waals surface area contributed by atoms with E-state index < -0.39 is 12.8 Å². The number of fused-ring (bicyclic) bond motifs is 2. The fraction of sp³-hybridized carbons (Fsp3) is 0.429. The topological polar surface area (TPSA) is 62.9 Å². The van der Waals surface area contributed by atoms with E-state index in [0.717, 1.165) is 6.42 Å². The van der Waals surface area contributed by atoms with Crippen LogP contribution in [-0.4, -0.2) is 59.2 Å². The van der Waals surface area contributed by atoms with Gasteiger partial charge in [0.25, 0.3) is 11.7 Å². The van der Waals surface area contributed by atoms with Gasteiger partial charge in [0.05, 0.1) is 11.6 Å². The highest BCUT2D eigenvalue weighted by molar-refractivity contribution is 5.97. The molecule has 2 atom stereocenters. The van der Waals surface area contributed by atoms with Crippen molar-refractivity contribution in [3.05, 3.63) is 53.0 Å². The summed E-state index contributed by atoms with van der Waals surface area (Å²) < 4.78 is 42.6. The summed E-state index contributed by atoms with van der Waals surface area (Å²) in [6.07, 6.45) is -3.63. The molecule has 162 valence electrons. The molecule has 2 saturated heterocycles. The van der Waals surface area contributed by atoms with Gasteiger partial charge in [-0.15, -0.1) is 0 Å². The second kappa shape index (κ2) is 8.06. The van der Waals surface area contributed by atoms with Crippen LogP contribution in [0.4, 0.5) is 24.9 Å². The molecule has 2 bridgehead atoms. The molecule has 1 aromatic carbocycles. The van der Waals surface area contributed by atoms with Crippen molar-refractivity contribution in [2.75, 3.05) is 31.1 Å². The molecule has 0 spiro atoms. The maximum atomic E-state index is 13.1. The molecular formula is C21H20F3N5O2. The highest BCUT2D eigenvalue weighted by Crippen LogP contribution is 2.34. The number of amides is 1. The highest BCUT2D eigenvalue weighted by atomic mass is 19.4. The molecule has 2 fully saturated rings. The molecule has 3 heterocycles. The number of para-hydroxylation sites is 1. The molecule has 1 aromatic heterocycles. The van der Waals surface area contributed by atoms with Crippen molar-refractivity contribution in [1.29, 1.82) is 0 Å². The van der Waals surface area contributed by atoms with E-state index in [-0.39, 0.29) is 35.0 Å². The zero-order chi connectivity index (χ0) is 22.2. The average molecular weight is 431 g/mol. The number of carbonyl (C=O) groups excluding carboxylic acids is 1. The lowest BCUT2D eigenvalue weighted by atomic mass is 9.99. The molecule has 2 aromatic rings. The maximum absolute atomic E-state index is 13.1. The Morgan fingerprint density at radius 1 is 1.26 bits per heavy atom. The molecular weight excluding hydrogens is 411 g/mol. The van der Waals surface area contributed by atoms with Gasteiger partial charge in [0.1, 0.15) is 5.75 Å². The van der Waals surface area contributed by atoms with E-state index in [1.807, 2.05) is 4.90 Å². The first-order valence-corrected chi connectivity index (χ1v) is 9.81. The van der Waals surface area contributed by atoms with Crippen LogP contribution in [0.5, 0.6) is 5.75 Å². The van der Waals surface area contributed by atoms with Gasteiger partial charge in [0, 0.05) is 25.3 Å². The Bertz CT molecular complexity index is 1040. The van der Waals surface area contributed by atoms with Crippen LogP contribution in [0, 0.1) is 19.4 Å². The third kappa shape index (κ3) is 4.55. The quantitative estimate of drug-likeness (QED) is 0.692. The van der Waals surface area contributed by atoms with Crippen LogP contribution in [0.25, 0.3) is 4.85 Å². The number of nitrogens with zero attached hydrogens (tertiary/aromatic N) is 5. The number of likely N-dealkylation sites (tertiary alicyclic amines) is 1. The summed E-state index contributed by atoms with van der Waals surface area (Å²) in [7, 11) is 0. The summed E-state index contributed by atoms with van der Waals surface area (Å²) in [4.78, 5) is 29.0. The first-order valence-electron chi connectivity index (χ1n) is 9.81. The van der Waals surface area contributed by atoms with Gasteiger partial charge < -0.3 is 19.4 Å². The van der Waals surface area contributed by atoms with Crippen LogP contribution in [-0.2, 0) is 0 Å². The first-order chi connectivity index (χ1) is 14.7. The van der Waals surface area contributed by atoms with Gasteiger partial charge in [-0.2, -0.15) is 18.2 Å². The fourth-order valence-corrected chi connectivity index (χ4v) is 4.19. The maximum Gasteiger partial charge on any atom is 0.422 e. The van der Waals surface area contributed by atoms with Crippen molar-refractivity contribution < 1.29 is 22.7 Å². The van der Waals surface area contributed by atoms with Crippen molar-refractivity contribution in [3.63, 3.8) is 0 Å². The van der Waals surface area contributed by atoms with E-state index in [9.17, 15) is 18.0 Å². The Labute approximate surface area is 177 Å². The molecule has 1 amide bonds. The predicted molar refractivity (Wildman–Crippen MR) is 106 cm³/mol. The number of rotatable bonds is 4. The number of carbonyl (C=O) groups is 1. The number of ether oxygens (including phenoxy) is 1. The van der Waals surface area contributed by atoms with Gasteiger partial charge in [-0.05, 0) is 37.5 Å². The third-order valence-electron chi connectivity index (χ3n) is 5.41. The summed E-state index contributed by atoms with van der Waals surface area (Å²) >= 11 is 0. The minimum absolute atomic E-state index is 0.0219. The lowest BCUT2D eigenvalue weighted by molar-refractivity contribution is -0.153. The number of halogens is 3. The van der Waals surface area contributed by atoms with Gasteiger partial charge >= 0.3 is 12.1 Å². The monoisotopic (exact) mass is 431 g/mol. The Balaban J connectivity index is 1.52. The Kier molecular flexibility index (Phi) is 5.43. The zero-order valence-corrected chi connectivity index (χ0v) is 16.8. The summed E-state index contributed by atoms with van der Waals surface area (Å²) in [5.41, 5.74) is 0.808. The number of anilines is 1. The molecule has 0 aliphatic carbocycles. The van der Waals surface area contributed by atoms with Gasteiger partial charge in [-0.25, -0.2) is 0 Å². The average Bonchev–Trinajstić information content (AvgIpc) is 3.04. The van der Waals surface area contributed by atoms with E-state index in [1.54, 1.807) is 24.0 Å². The van der Waals surface area contributed by atoms with Crippen molar-refractivity contribution in [2.45, 2.75) is 25.6 Å².